The second-order valence-corrected chi connectivity index (χ2v) is 6.92. The van der Waals surface area contributed by atoms with Gasteiger partial charge in [0.25, 0.3) is 10.0 Å². The van der Waals surface area contributed by atoms with Crippen LogP contribution in [0.3, 0.4) is 0 Å². The fourth-order valence-electron chi connectivity index (χ4n) is 1.78. The van der Waals surface area contributed by atoms with E-state index in [9.17, 15) is 8.42 Å². The average Bonchev–Trinajstić information content (AvgIpc) is 2.36. The molecule has 0 spiro atoms. The molecule has 106 valence electrons. The number of halogens is 1. The molecule has 0 amide bonds. The zero-order valence-corrected chi connectivity index (χ0v) is 13.1. The van der Waals surface area contributed by atoms with E-state index in [2.05, 4.69) is 4.72 Å². The lowest BCUT2D eigenvalue weighted by Crippen LogP contribution is -2.13. The van der Waals surface area contributed by atoms with E-state index in [1.54, 1.807) is 36.4 Å². The first-order valence-electron chi connectivity index (χ1n) is 6.16. The van der Waals surface area contributed by atoms with Crippen LogP contribution in [-0.2, 0) is 10.0 Å². The number of hydrogen-bond donors (Lipinski definition) is 1. The van der Waals surface area contributed by atoms with E-state index in [1.807, 2.05) is 20.8 Å². The van der Waals surface area contributed by atoms with Crippen molar-refractivity contribution in [3.05, 3.63) is 58.1 Å². The Morgan fingerprint density at radius 2 is 1.50 bits per heavy atom. The number of sulfonamides is 1. The maximum Gasteiger partial charge on any atom is 0.261 e. The minimum atomic E-state index is -3.62. The van der Waals surface area contributed by atoms with Crippen molar-refractivity contribution in [2.24, 2.45) is 0 Å². The predicted molar refractivity (Wildman–Crippen MR) is 82.9 cm³/mol. The normalized spacial score (nSPS) is 11.4. The maximum atomic E-state index is 12.3. The summed E-state index contributed by atoms with van der Waals surface area (Å²) in [5, 5.41) is 0.392. The van der Waals surface area contributed by atoms with Gasteiger partial charge < -0.3 is 0 Å². The number of nitrogens with one attached hydrogen (secondary N) is 1. The highest BCUT2D eigenvalue weighted by Gasteiger charge is 2.16. The zero-order valence-electron chi connectivity index (χ0n) is 11.6. The smallest absolute Gasteiger partial charge is 0.261 e. The fraction of sp³-hybridized carbons (Fsp3) is 0.200. The van der Waals surface area contributed by atoms with E-state index < -0.39 is 10.0 Å². The van der Waals surface area contributed by atoms with Crippen LogP contribution in [0.5, 0.6) is 0 Å². The molecule has 0 aliphatic carbocycles. The van der Waals surface area contributed by atoms with Crippen LogP contribution in [0.15, 0.2) is 41.3 Å². The van der Waals surface area contributed by atoms with Crippen LogP contribution in [0.2, 0.25) is 5.02 Å². The number of aryl methyl sites for hydroxylation is 3. The number of benzene rings is 2. The Morgan fingerprint density at radius 1 is 0.950 bits per heavy atom. The highest BCUT2D eigenvalue weighted by molar-refractivity contribution is 7.92. The Labute approximate surface area is 124 Å². The Hall–Kier alpha value is -1.52. The molecule has 2 rings (SSSR count). The largest absolute Gasteiger partial charge is 0.278 e. The SMILES string of the molecule is Cc1ccc(S(=O)(=O)Nc2cc(C)c(C)cc2Cl)cc1. The molecule has 0 radical (unpaired) electrons. The van der Waals surface area contributed by atoms with Crippen LogP contribution < -0.4 is 4.72 Å². The molecule has 5 heteroatoms. The monoisotopic (exact) mass is 309 g/mol. The van der Waals surface area contributed by atoms with E-state index in [4.69, 9.17) is 11.6 Å². The van der Waals surface area contributed by atoms with Crippen molar-refractivity contribution < 1.29 is 8.42 Å². The number of hydrogen-bond acceptors (Lipinski definition) is 2. The lowest BCUT2D eigenvalue weighted by Gasteiger charge is -2.12. The minimum Gasteiger partial charge on any atom is -0.278 e. The van der Waals surface area contributed by atoms with Gasteiger partial charge in [-0.1, -0.05) is 29.3 Å². The van der Waals surface area contributed by atoms with E-state index >= 15 is 0 Å². The molecule has 0 aromatic heterocycles. The molecule has 20 heavy (non-hydrogen) atoms. The molecular formula is C15H16ClNO2S. The topological polar surface area (TPSA) is 46.2 Å². The molecule has 0 saturated carbocycles. The Kier molecular flexibility index (Phi) is 4.06. The van der Waals surface area contributed by atoms with Crippen LogP contribution in [0, 0.1) is 20.8 Å². The third-order valence-electron chi connectivity index (χ3n) is 3.16. The molecule has 1 N–H and O–H groups in total. The van der Waals surface area contributed by atoms with Gasteiger partial charge in [-0.2, -0.15) is 0 Å². The van der Waals surface area contributed by atoms with Crippen LogP contribution in [0.25, 0.3) is 0 Å². The summed E-state index contributed by atoms with van der Waals surface area (Å²) < 4.78 is 27.1. The molecule has 2 aromatic rings. The van der Waals surface area contributed by atoms with Crippen molar-refractivity contribution in [1.82, 2.24) is 0 Å². The quantitative estimate of drug-likeness (QED) is 0.929. The summed E-state index contributed by atoms with van der Waals surface area (Å²) in [5.41, 5.74) is 3.41. The van der Waals surface area contributed by atoms with Crippen LogP contribution in [-0.4, -0.2) is 8.42 Å². The van der Waals surface area contributed by atoms with Crippen molar-refractivity contribution in [2.45, 2.75) is 25.7 Å². The van der Waals surface area contributed by atoms with Crippen molar-refractivity contribution in [3.63, 3.8) is 0 Å². The second kappa shape index (κ2) is 5.46. The average molecular weight is 310 g/mol. The van der Waals surface area contributed by atoms with Gasteiger partial charge in [-0.25, -0.2) is 8.42 Å². The van der Waals surface area contributed by atoms with Gasteiger partial charge in [0, 0.05) is 0 Å². The summed E-state index contributed by atoms with van der Waals surface area (Å²) >= 11 is 6.09. The molecular weight excluding hydrogens is 294 g/mol. The first kappa shape index (κ1) is 14.9. The van der Waals surface area contributed by atoms with Crippen LogP contribution in [0.4, 0.5) is 5.69 Å². The zero-order chi connectivity index (χ0) is 14.9. The highest BCUT2D eigenvalue weighted by atomic mass is 35.5. The van der Waals surface area contributed by atoms with E-state index in [-0.39, 0.29) is 4.90 Å². The molecule has 0 aliphatic heterocycles. The van der Waals surface area contributed by atoms with Crippen molar-refractivity contribution in [2.75, 3.05) is 4.72 Å². The molecule has 0 bridgehead atoms. The van der Waals surface area contributed by atoms with Gasteiger partial charge in [0.2, 0.25) is 0 Å². The van der Waals surface area contributed by atoms with Crippen LogP contribution in [0.1, 0.15) is 16.7 Å². The highest BCUT2D eigenvalue weighted by Crippen LogP contribution is 2.27. The first-order chi connectivity index (χ1) is 9.29. The summed E-state index contributed by atoms with van der Waals surface area (Å²) in [6.45, 7) is 5.75. The van der Waals surface area contributed by atoms with Gasteiger partial charge >= 0.3 is 0 Å². The van der Waals surface area contributed by atoms with Crippen molar-refractivity contribution in [1.29, 1.82) is 0 Å². The van der Waals surface area contributed by atoms with Gasteiger partial charge in [0.05, 0.1) is 15.6 Å². The lowest BCUT2D eigenvalue weighted by molar-refractivity contribution is 0.601. The maximum absolute atomic E-state index is 12.3. The molecule has 0 unspecified atom stereocenters. The Bertz CT molecular complexity index is 737. The van der Waals surface area contributed by atoms with E-state index in [0.717, 1.165) is 16.7 Å². The predicted octanol–water partition coefficient (Wildman–Crippen LogP) is 4.07. The lowest BCUT2D eigenvalue weighted by atomic mass is 10.1. The van der Waals surface area contributed by atoms with Crippen molar-refractivity contribution >= 4 is 27.3 Å². The summed E-state index contributed by atoms with van der Waals surface area (Å²) in [6, 6.07) is 10.2. The molecule has 0 heterocycles. The number of rotatable bonds is 3. The molecule has 2 aromatic carbocycles. The van der Waals surface area contributed by atoms with Gasteiger partial charge in [-0.05, 0) is 56.2 Å². The van der Waals surface area contributed by atoms with Crippen LogP contribution >= 0.6 is 11.6 Å². The minimum absolute atomic E-state index is 0.220. The van der Waals surface area contributed by atoms with Gasteiger partial charge in [0.1, 0.15) is 0 Å². The summed E-state index contributed by atoms with van der Waals surface area (Å²) in [4.78, 5) is 0.220. The van der Waals surface area contributed by atoms with Gasteiger partial charge in [-0.15, -0.1) is 0 Å². The summed E-state index contributed by atoms with van der Waals surface area (Å²) in [6.07, 6.45) is 0. The first-order valence-corrected chi connectivity index (χ1v) is 8.02. The molecule has 0 fully saturated rings. The van der Waals surface area contributed by atoms with Gasteiger partial charge in [0.15, 0.2) is 0 Å². The summed E-state index contributed by atoms with van der Waals surface area (Å²) in [5.74, 6) is 0. The Balaban J connectivity index is 2.38. The molecule has 0 atom stereocenters. The summed E-state index contributed by atoms with van der Waals surface area (Å²) in [7, 11) is -3.62. The second-order valence-electron chi connectivity index (χ2n) is 4.83. The Morgan fingerprint density at radius 3 is 2.10 bits per heavy atom. The van der Waals surface area contributed by atoms with Crippen molar-refractivity contribution in [3.8, 4) is 0 Å². The van der Waals surface area contributed by atoms with E-state index in [0.29, 0.717) is 10.7 Å². The van der Waals surface area contributed by atoms with Gasteiger partial charge in [-0.3, -0.25) is 4.72 Å². The molecule has 0 aliphatic rings. The molecule has 3 nitrogen and oxygen atoms in total. The number of anilines is 1. The third-order valence-corrected chi connectivity index (χ3v) is 4.85. The fourth-order valence-corrected chi connectivity index (χ4v) is 3.17. The van der Waals surface area contributed by atoms with E-state index in [1.165, 1.54) is 0 Å². The third kappa shape index (κ3) is 3.14. The molecule has 0 saturated heterocycles. The standard InChI is InChI=1S/C15H16ClNO2S/c1-10-4-6-13(7-5-10)20(18,19)17-15-9-12(3)11(2)8-14(15)16/h4-9,17H,1-3H3.